The summed E-state index contributed by atoms with van der Waals surface area (Å²) in [6, 6.07) is 6.25. The third-order valence-corrected chi connectivity index (χ3v) is 4.01. The summed E-state index contributed by atoms with van der Waals surface area (Å²) in [6.07, 6.45) is 3.66. The minimum Gasteiger partial charge on any atom is -0.322 e. The molecule has 0 radical (unpaired) electrons. The van der Waals surface area contributed by atoms with Gasteiger partial charge in [0.2, 0.25) is 0 Å². The summed E-state index contributed by atoms with van der Waals surface area (Å²) >= 11 is 3.56. The van der Waals surface area contributed by atoms with Crippen LogP contribution in [0, 0.1) is 12.8 Å². The number of rotatable bonds is 3. The first-order valence-electron chi connectivity index (χ1n) is 6.05. The second-order valence-electron chi connectivity index (χ2n) is 4.89. The van der Waals surface area contributed by atoms with Gasteiger partial charge in [-0.1, -0.05) is 35.8 Å². The lowest BCUT2D eigenvalue weighted by Gasteiger charge is -2.18. The Balaban J connectivity index is 2.45. The van der Waals surface area contributed by atoms with Gasteiger partial charge in [0.1, 0.15) is 0 Å². The summed E-state index contributed by atoms with van der Waals surface area (Å²) in [5, 5.41) is 0. The molecule has 1 aromatic heterocycles. The van der Waals surface area contributed by atoms with E-state index in [-0.39, 0.29) is 6.04 Å². The molecule has 0 aliphatic heterocycles. The number of nitrogens with two attached hydrogens (primary N) is 1. The number of imidazole rings is 1. The molecule has 0 amide bonds. The second kappa shape index (κ2) is 5.24. The molecule has 4 heteroatoms. The van der Waals surface area contributed by atoms with E-state index in [0.29, 0.717) is 5.92 Å². The molecule has 1 atom stereocenters. The predicted octanol–water partition coefficient (Wildman–Crippen LogP) is 3.60. The van der Waals surface area contributed by atoms with E-state index in [4.69, 9.17) is 5.73 Å². The molecule has 0 aliphatic rings. The molecule has 0 bridgehead atoms. The summed E-state index contributed by atoms with van der Waals surface area (Å²) in [5.41, 5.74) is 9.55. The van der Waals surface area contributed by atoms with Gasteiger partial charge in [0.05, 0.1) is 18.2 Å². The van der Waals surface area contributed by atoms with E-state index in [9.17, 15) is 0 Å². The fraction of sp³-hybridized carbons (Fsp3) is 0.357. The molecule has 2 rings (SSSR count). The lowest BCUT2D eigenvalue weighted by Crippen LogP contribution is -2.19. The van der Waals surface area contributed by atoms with E-state index in [1.165, 1.54) is 5.56 Å². The van der Waals surface area contributed by atoms with Crippen LogP contribution in [0.3, 0.4) is 0 Å². The standard InChI is InChI=1S/C14H18BrN3/c1-9(2)14(16)13-7-17-8-18(13)11-5-4-10(3)12(15)6-11/h4-9,14H,16H2,1-3H3. The van der Waals surface area contributed by atoms with E-state index in [0.717, 1.165) is 15.9 Å². The van der Waals surface area contributed by atoms with E-state index in [1.807, 2.05) is 12.5 Å². The van der Waals surface area contributed by atoms with Gasteiger partial charge in [0, 0.05) is 16.2 Å². The molecule has 2 aromatic rings. The van der Waals surface area contributed by atoms with Crippen LogP contribution in [0.2, 0.25) is 0 Å². The molecular formula is C14H18BrN3. The molecule has 1 aromatic carbocycles. The maximum Gasteiger partial charge on any atom is 0.0994 e. The Bertz CT molecular complexity index is 546. The highest BCUT2D eigenvalue weighted by Gasteiger charge is 2.16. The van der Waals surface area contributed by atoms with Crippen molar-refractivity contribution < 1.29 is 0 Å². The lowest BCUT2D eigenvalue weighted by atomic mass is 10.0. The number of benzene rings is 1. The van der Waals surface area contributed by atoms with Gasteiger partial charge in [0.15, 0.2) is 0 Å². The maximum atomic E-state index is 6.22. The fourth-order valence-corrected chi connectivity index (χ4v) is 2.21. The van der Waals surface area contributed by atoms with Gasteiger partial charge in [-0.05, 0) is 30.5 Å². The van der Waals surface area contributed by atoms with Crippen LogP contribution in [0.5, 0.6) is 0 Å². The van der Waals surface area contributed by atoms with Crippen molar-refractivity contribution in [1.29, 1.82) is 0 Å². The molecule has 1 heterocycles. The Labute approximate surface area is 116 Å². The molecular weight excluding hydrogens is 290 g/mol. The zero-order chi connectivity index (χ0) is 13.3. The van der Waals surface area contributed by atoms with Gasteiger partial charge in [-0.15, -0.1) is 0 Å². The Morgan fingerprint density at radius 1 is 1.33 bits per heavy atom. The highest BCUT2D eigenvalue weighted by atomic mass is 79.9. The quantitative estimate of drug-likeness (QED) is 0.941. The lowest BCUT2D eigenvalue weighted by molar-refractivity contribution is 0.497. The Kier molecular flexibility index (Phi) is 3.88. The Morgan fingerprint density at radius 2 is 2.06 bits per heavy atom. The summed E-state index contributed by atoms with van der Waals surface area (Å²) in [4.78, 5) is 4.22. The van der Waals surface area contributed by atoms with Crippen LogP contribution in [-0.4, -0.2) is 9.55 Å². The Morgan fingerprint density at radius 3 is 2.67 bits per heavy atom. The summed E-state index contributed by atoms with van der Waals surface area (Å²) in [5.74, 6) is 0.384. The SMILES string of the molecule is Cc1ccc(-n2cncc2C(N)C(C)C)cc1Br. The topological polar surface area (TPSA) is 43.8 Å². The zero-order valence-corrected chi connectivity index (χ0v) is 12.5. The molecule has 2 N–H and O–H groups in total. The van der Waals surface area contributed by atoms with Crippen molar-refractivity contribution in [3.63, 3.8) is 0 Å². The molecule has 0 saturated heterocycles. The molecule has 0 fully saturated rings. The third-order valence-electron chi connectivity index (χ3n) is 3.16. The summed E-state index contributed by atoms with van der Waals surface area (Å²) in [6.45, 7) is 6.31. The van der Waals surface area contributed by atoms with Gasteiger partial charge >= 0.3 is 0 Å². The predicted molar refractivity (Wildman–Crippen MR) is 77.8 cm³/mol. The van der Waals surface area contributed by atoms with E-state index in [1.54, 1.807) is 0 Å². The van der Waals surface area contributed by atoms with Crippen molar-refractivity contribution in [2.75, 3.05) is 0 Å². The monoisotopic (exact) mass is 307 g/mol. The first-order chi connectivity index (χ1) is 8.50. The van der Waals surface area contributed by atoms with Crippen LogP contribution in [0.25, 0.3) is 5.69 Å². The summed E-state index contributed by atoms with van der Waals surface area (Å²) in [7, 11) is 0. The summed E-state index contributed by atoms with van der Waals surface area (Å²) < 4.78 is 3.15. The molecule has 0 aliphatic carbocycles. The molecule has 0 spiro atoms. The number of hydrogen-bond donors (Lipinski definition) is 1. The van der Waals surface area contributed by atoms with Crippen molar-refractivity contribution in [2.24, 2.45) is 11.7 Å². The normalized spacial score (nSPS) is 13.0. The first-order valence-corrected chi connectivity index (χ1v) is 6.84. The van der Waals surface area contributed by atoms with Crippen LogP contribution in [0.4, 0.5) is 0 Å². The highest BCUT2D eigenvalue weighted by molar-refractivity contribution is 9.10. The number of aryl methyl sites for hydroxylation is 1. The van der Waals surface area contributed by atoms with Crippen LogP contribution in [-0.2, 0) is 0 Å². The second-order valence-corrected chi connectivity index (χ2v) is 5.75. The molecule has 1 unspecified atom stereocenters. The third kappa shape index (κ3) is 2.49. The average Bonchev–Trinajstić information content (AvgIpc) is 2.80. The van der Waals surface area contributed by atoms with Gasteiger partial charge < -0.3 is 10.3 Å². The van der Waals surface area contributed by atoms with E-state index < -0.39 is 0 Å². The number of halogens is 1. The van der Waals surface area contributed by atoms with Crippen molar-refractivity contribution >= 4 is 15.9 Å². The minimum absolute atomic E-state index is 0.00687. The van der Waals surface area contributed by atoms with E-state index in [2.05, 4.69) is 64.5 Å². The van der Waals surface area contributed by atoms with Crippen molar-refractivity contribution in [2.45, 2.75) is 26.8 Å². The zero-order valence-electron chi connectivity index (χ0n) is 10.9. The Hall–Kier alpha value is -1.13. The molecule has 18 heavy (non-hydrogen) atoms. The van der Waals surface area contributed by atoms with E-state index >= 15 is 0 Å². The number of nitrogens with zero attached hydrogens (tertiary/aromatic N) is 2. The molecule has 3 nitrogen and oxygen atoms in total. The van der Waals surface area contributed by atoms with Gasteiger partial charge in [-0.2, -0.15) is 0 Å². The smallest absolute Gasteiger partial charge is 0.0994 e. The largest absolute Gasteiger partial charge is 0.322 e. The first kappa shape index (κ1) is 13.3. The van der Waals surface area contributed by atoms with Crippen molar-refractivity contribution in [3.8, 4) is 5.69 Å². The van der Waals surface area contributed by atoms with Gasteiger partial charge in [-0.25, -0.2) is 4.98 Å². The van der Waals surface area contributed by atoms with Crippen LogP contribution in [0.1, 0.15) is 31.1 Å². The molecule has 0 saturated carbocycles. The van der Waals surface area contributed by atoms with Crippen LogP contribution < -0.4 is 5.73 Å². The van der Waals surface area contributed by atoms with Gasteiger partial charge in [-0.3, -0.25) is 0 Å². The fourth-order valence-electron chi connectivity index (χ4n) is 1.84. The average molecular weight is 308 g/mol. The number of hydrogen-bond acceptors (Lipinski definition) is 2. The van der Waals surface area contributed by atoms with Gasteiger partial charge in [0.25, 0.3) is 0 Å². The van der Waals surface area contributed by atoms with Crippen LogP contribution >= 0.6 is 15.9 Å². The maximum absolute atomic E-state index is 6.22. The molecule has 96 valence electrons. The van der Waals surface area contributed by atoms with Crippen molar-refractivity contribution in [3.05, 3.63) is 46.5 Å². The highest BCUT2D eigenvalue weighted by Crippen LogP contribution is 2.25. The van der Waals surface area contributed by atoms with Crippen LogP contribution in [0.15, 0.2) is 35.2 Å². The van der Waals surface area contributed by atoms with Crippen molar-refractivity contribution in [1.82, 2.24) is 9.55 Å². The minimum atomic E-state index is -0.00687. The number of aromatic nitrogens is 2.